The number of ether oxygens (including phenoxy) is 2. The maximum atomic E-state index is 13.8. The summed E-state index contributed by atoms with van der Waals surface area (Å²) in [5.41, 5.74) is 2.43. The Morgan fingerprint density at radius 1 is 1.21 bits per heavy atom. The van der Waals surface area contributed by atoms with Crippen molar-refractivity contribution in [2.24, 2.45) is 0 Å². The molecule has 33 heavy (non-hydrogen) atoms. The molecule has 0 aliphatic carbocycles. The zero-order valence-electron chi connectivity index (χ0n) is 18.8. The molecule has 4 aromatic rings. The van der Waals surface area contributed by atoms with Gasteiger partial charge in [-0.1, -0.05) is 35.6 Å². The highest BCUT2D eigenvalue weighted by atomic mass is 32.1. The average Bonchev–Trinajstić information content (AvgIpc) is 3.47. The van der Waals surface area contributed by atoms with Crippen molar-refractivity contribution in [3.63, 3.8) is 0 Å². The number of para-hydroxylation sites is 2. The second-order valence-corrected chi connectivity index (χ2v) is 9.05. The highest BCUT2D eigenvalue weighted by molar-refractivity contribution is 7.22. The summed E-state index contributed by atoms with van der Waals surface area (Å²) in [5, 5.41) is 1.63. The number of anilines is 1. The van der Waals surface area contributed by atoms with Gasteiger partial charge < -0.3 is 14.5 Å². The minimum atomic E-state index is -0.0357. The molecule has 3 heterocycles. The summed E-state index contributed by atoms with van der Waals surface area (Å²) >= 11 is 1.53. The number of hydrogen-bond donors (Lipinski definition) is 1. The van der Waals surface area contributed by atoms with Crippen LogP contribution in [0.25, 0.3) is 21.1 Å². The highest BCUT2D eigenvalue weighted by Crippen LogP contribution is 2.35. The summed E-state index contributed by atoms with van der Waals surface area (Å²) in [6, 6.07) is 13.8. The first-order valence-corrected chi connectivity index (χ1v) is 12.3. The number of nitrogens with zero attached hydrogens (tertiary/aromatic N) is 3. The molecule has 2 aromatic carbocycles. The largest absolute Gasteiger partial charge is 0.492 e. The fraction of sp³-hybridized carbons (Fsp3) is 0.360. The van der Waals surface area contributed by atoms with E-state index in [0.717, 1.165) is 66.1 Å². The predicted octanol–water partition coefficient (Wildman–Crippen LogP) is 4.55. The summed E-state index contributed by atoms with van der Waals surface area (Å²) in [4.78, 5) is 26.1. The normalized spacial score (nSPS) is 14.7. The first-order valence-electron chi connectivity index (χ1n) is 11.4. The molecule has 7 nitrogen and oxygen atoms in total. The molecule has 1 aliphatic rings. The standard InChI is InChI=1S/C25H28N4O3S/c1-2-32-21-9-5-10-22-23(21)27-25(33-22)29(12-6-11-28-13-15-31-16-14-28)24(30)19-17-26-20-8-4-3-7-18(19)20/h3-5,7-10,17,26H,2,6,11-16H2,1H3. The molecule has 1 amide bonds. The number of morpholine rings is 1. The second kappa shape index (κ2) is 9.91. The van der Waals surface area contributed by atoms with Crippen LogP contribution in [0.5, 0.6) is 5.75 Å². The van der Waals surface area contributed by atoms with Crippen molar-refractivity contribution in [1.29, 1.82) is 0 Å². The molecule has 1 N–H and O–H groups in total. The van der Waals surface area contributed by atoms with Crippen molar-refractivity contribution in [2.75, 3.05) is 50.9 Å². The van der Waals surface area contributed by atoms with Crippen LogP contribution in [0.15, 0.2) is 48.7 Å². The van der Waals surface area contributed by atoms with Gasteiger partial charge in [0.2, 0.25) is 0 Å². The van der Waals surface area contributed by atoms with Crippen LogP contribution in [0.1, 0.15) is 23.7 Å². The van der Waals surface area contributed by atoms with Crippen molar-refractivity contribution in [3.05, 3.63) is 54.2 Å². The van der Waals surface area contributed by atoms with Crippen molar-refractivity contribution < 1.29 is 14.3 Å². The molecule has 5 rings (SSSR count). The van der Waals surface area contributed by atoms with Crippen LogP contribution in [-0.4, -0.2) is 66.8 Å². The van der Waals surface area contributed by atoms with Gasteiger partial charge in [0.25, 0.3) is 5.91 Å². The molecule has 2 aromatic heterocycles. The Hall–Kier alpha value is -2.94. The van der Waals surface area contributed by atoms with Gasteiger partial charge in [-0.2, -0.15) is 0 Å². The van der Waals surface area contributed by atoms with Crippen LogP contribution in [-0.2, 0) is 4.74 Å². The number of fused-ring (bicyclic) bond motifs is 2. The Kier molecular flexibility index (Phi) is 6.57. The SMILES string of the molecule is CCOc1cccc2sc(N(CCCN3CCOCC3)C(=O)c3c[nH]c4ccccc34)nc12. The van der Waals surface area contributed by atoms with E-state index in [1.165, 1.54) is 11.3 Å². The maximum absolute atomic E-state index is 13.8. The molecule has 1 aliphatic heterocycles. The van der Waals surface area contributed by atoms with Gasteiger partial charge in [0, 0.05) is 43.3 Å². The van der Waals surface area contributed by atoms with E-state index in [0.29, 0.717) is 23.8 Å². The van der Waals surface area contributed by atoms with Gasteiger partial charge in [0.1, 0.15) is 11.3 Å². The van der Waals surface area contributed by atoms with E-state index in [2.05, 4.69) is 9.88 Å². The summed E-state index contributed by atoms with van der Waals surface area (Å²) in [6.45, 7) is 7.49. The summed E-state index contributed by atoms with van der Waals surface area (Å²) in [5.74, 6) is 0.719. The lowest BCUT2D eigenvalue weighted by Gasteiger charge is -2.27. The van der Waals surface area contributed by atoms with Crippen LogP contribution in [0, 0.1) is 0 Å². The number of hydrogen-bond acceptors (Lipinski definition) is 6. The lowest BCUT2D eigenvalue weighted by molar-refractivity contribution is 0.0376. The second-order valence-electron chi connectivity index (χ2n) is 8.04. The lowest BCUT2D eigenvalue weighted by Crippen LogP contribution is -2.39. The minimum Gasteiger partial charge on any atom is -0.492 e. The first kappa shape index (κ1) is 21.9. The number of thiazole rings is 1. The fourth-order valence-corrected chi connectivity index (χ4v) is 5.26. The van der Waals surface area contributed by atoms with Gasteiger partial charge in [-0.05, 0) is 31.5 Å². The Morgan fingerprint density at radius 3 is 2.91 bits per heavy atom. The van der Waals surface area contributed by atoms with E-state index in [9.17, 15) is 4.79 Å². The molecule has 0 spiro atoms. The maximum Gasteiger partial charge on any atom is 0.262 e. The number of carbonyl (C=O) groups excluding carboxylic acids is 1. The lowest BCUT2D eigenvalue weighted by atomic mass is 10.1. The number of nitrogens with one attached hydrogen (secondary N) is 1. The predicted molar refractivity (Wildman–Crippen MR) is 133 cm³/mol. The molecule has 0 unspecified atom stereocenters. The number of aromatic amines is 1. The minimum absolute atomic E-state index is 0.0357. The molecule has 8 heteroatoms. The number of carbonyl (C=O) groups is 1. The van der Waals surface area contributed by atoms with Crippen LogP contribution in [0.2, 0.25) is 0 Å². The molecular weight excluding hydrogens is 436 g/mol. The molecule has 1 saturated heterocycles. The summed E-state index contributed by atoms with van der Waals surface area (Å²) in [6.07, 6.45) is 2.67. The van der Waals surface area contributed by atoms with Gasteiger partial charge >= 0.3 is 0 Å². The molecule has 0 radical (unpaired) electrons. The Morgan fingerprint density at radius 2 is 2.06 bits per heavy atom. The number of amides is 1. The summed E-state index contributed by atoms with van der Waals surface area (Å²) in [7, 11) is 0. The fourth-order valence-electron chi connectivity index (χ4n) is 4.25. The van der Waals surface area contributed by atoms with Gasteiger partial charge in [-0.15, -0.1) is 0 Å². The molecular formula is C25H28N4O3S. The zero-order chi connectivity index (χ0) is 22.6. The van der Waals surface area contributed by atoms with E-state index >= 15 is 0 Å². The van der Waals surface area contributed by atoms with Crippen LogP contribution < -0.4 is 9.64 Å². The Bertz CT molecular complexity index is 1240. The van der Waals surface area contributed by atoms with Gasteiger partial charge in [0.15, 0.2) is 5.13 Å². The van der Waals surface area contributed by atoms with Gasteiger partial charge in [0.05, 0.1) is 30.1 Å². The van der Waals surface area contributed by atoms with Gasteiger partial charge in [-0.3, -0.25) is 14.6 Å². The quantitative estimate of drug-likeness (QED) is 0.414. The van der Waals surface area contributed by atoms with E-state index in [-0.39, 0.29) is 5.91 Å². The molecule has 0 atom stereocenters. The van der Waals surface area contributed by atoms with Crippen LogP contribution in [0.4, 0.5) is 5.13 Å². The third-order valence-electron chi connectivity index (χ3n) is 5.93. The van der Waals surface area contributed by atoms with Crippen molar-refractivity contribution >= 4 is 43.5 Å². The van der Waals surface area contributed by atoms with Crippen molar-refractivity contribution in [2.45, 2.75) is 13.3 Å². The van der Waals surface area contributed by atoms with Gasteiger partial charge in [-0.25, -0.2) is 4.98 Å². The van der Waals surface area contributed by atoms with E-state index < -0.39 is 0 Å². The first-order chi connectivity index (χ1) is 16.2. The van der Waals surface area contributed by atoms with E-state index in [4.69, 9.17) is 14.5 Å². The van der Waals surface area contributed by atoms with Crippen LogP contribution in [0.3, 0.4) is 0 Å². The van der Waals surface area contributed by atoms with Crippen molar-refractivity contribution in [1.82, 2.24) is 14.9 Å². The monoisotopic (exact) mass is 464 g/mol. The number of H-pyrrole nitrogens is 1. The summed E-state index contributed by atoms with van der Waals surface area (Å²) < 4.78 is 12.3. The Labute approximate surface area is 196 Å². The third kappa shape index (κ3) is 4.59. The zero-order valence-corrected chi connectivity index (χ0v) is 19.6. The number of aromatic nitrogens is 2. The van der Waals surface area contributed by atoms with Crippen LogP contribution >= 0.6 is 11.3 Å². The smallest absolute Gasteiger partial charge is 0.262 e. The van der Waals surface area contributed by atoms with Crippen molar-refractivity contribution in [3.8, 4) is 5.75 Å². The van der Waals surface area contributed by atoms with E-state index in [1.807, 2.05) is 54.3 Å². The number of benzene rings is 2. The molecule has 1 fully saturated rings. The molecule has 0 saturated carbocycles. The third-order valence-corrected chi connectivity index (χ3v) is 6.97. The Balaban J connectivity index is 1.46. The van der Waals surface area contributed by atoms with E-state index in [1.54, 1.807) is 6.20 Å². The topological polar surface area (TPSA) is 70.7 Å². The molecule has 172 valence electrons. The number of rotatable bonds is 8. The average molecular weight is 465 g/mol. The molecule has 0 bridgehead atoms. The highest BCUT2D eigenvalue weighted by Gasteiger charge is 2.24.